The van der Waals surface area contributed by atoms with E-state index in [4.69, 9.17) is 11.5 Å². The Hall–Kier alpha value is -0.130. The minimum Gasteiger partial charge on any atom is -0.330 e. The summed E-state index contributed by atoms with van der Waals surface area (Å²) in [4.78, 5) is 0. The molecule has 1 rings (SSSR count). The number of hydrogen-bond acceptors (Lipinski definition) is 4. The maximum absolute atomic E-state index is 11.7. The lowest BCUT2D eigenvalue weighted by Gasteiger charge is -2.30. The van der Waals surface area contributed by atoms with Crippen molar-refractivity contribution < 1.29 is 8.42 Å². The molecule has 5 heteroatoms. The van der Waals surface area contributed by atoms with Crippen molar-refractivity contribution in [1.29, 1.82) is 0 Å². The SMILES string of the molecule is C[C@H]1C[C@H](CN)C[C@@]1(CN)S(C)(=O)=O. The van der Waals surface area contributed by atoms with E-state index in [1.165, 1.54) is 6.26 Å². The molecule has 1 aliphatic rings. The van der Waals surface area contributed by atoms with Crippen LogP contribution in [0.25, 0.3) is 0 Å². The second kappa shape index (κ2) is 3.79. The summed E-state index contributed by atoms with van der Waals surface area (Å²) in [5.41, 5.74) is 11.2. The minimum atomic E-state index is -3.09. The zero-order valence-electron chi connectivity index (χ0n) is 8.86. The van der Waals surface area contributed by atoms with E-state index in [2.05, 4.69) is 0 Å². The van der Waals surface area contributed by atoms with Gasteiger partial charge in [0, 0.05) is 12.8 Å². The van der Waals surface area contributed by atoms with Crippen molar-refractivity contribution >= 4 is 9.84 Å². The van der Waals surface area contributed by atoms with Crippen LogP contribution in [0.15, 0.2) is 0 Å². The molecule has 14 heavy (non-hydrogen) atoms. The van der Waals surface area contributed by atoms with Crippen molar-refractivity contribution in [3.05, 3.63) is 0 Å². The van der Waals surface area contributed by atoms with E-state index in [9.17, 15) is 8.42 Å². The van der Waals surface area contributed by atoms with Gasteiger partial charge in [0.2, 0.25) is 0 Å². The molecule has 3 atom stereocenters. The fourth-order valence-corrected chi connectivity index (χ4v) is 4.29. The van der Waals surface area contributed by atoms with Gasteiger partial charge >= 0.3 is 0 Å². The molecule has 1 saturated carbocycles. The predicted octanol–water partition coefficient (Wildman–Crippen LogP) is -0.267. The smallest absolute Gasteiger partial charge is 0.154 e. The van der Waals surface area contributed by atoms with Crippen molar-refractivity contribution in [2.75, 3.05) is 19.3 Å². The minimum absolute atomic E-state index is 0.121. The van der Waals surface area contributed by atoms with Crippen molar-refractivity contribution in [2.24, 2.45) is 23.3 Å². The Morgan fingerprint density at radius 2 is 2.00 bits per heavy atom. The monoisotopic (exact) mass is 220 g/mol. The van der Waals surface area contributed by atoms with Crippen LogP contribution >= 0.6 is 0 Å². The van der Waals surface area contributed by atoms with E-state index in [0.717, 1.165) is 6.42 Å². The topological polar surface area (TPSA) is 86.2 Å². The highest BCUT2D eigenvalue weighted by molar-refractivity contribution is 7.92. The Morgan fingerprint density at radius 3 is 2.21 bits per heavy atom. The third-order valence-electron chi connectivity index (χ3n) is 3.64. The molecule has 1 aliphatic carbocycles. The van der Waals surface area contributed by atoms with E-state index < -0.39 is 14.6 Å². The second-order valence-electron chi connectivity index (χ2n) is 4.48. The van der Waals surface area contributed by atoms with Crippen LogP contribution in [0.3, 0.4) is 0 Å². The van der Waals surface area contributed by atoms with E-state index in [-0.39, 0.29) is 12.5 Å². The predicted molar refractivity (Wildman–Crippen MR) is 57.6 cm³/mol. The van der Waals surface area contributed by atoms with Gasteiger partial charge in [-0.05, 0) is 31.2 Å². The van der Waals surface area contributed by atoms with Gasteiger partial charge < -0.3 is 11.5 Å². The number of sulfone groups is 1. The van der Waals surface area contributed by atoms with E-state index in [0.29, 0.717) is 18.9 Å². The van der Waals surface area contributed by atoms with Crippen molar-refractivity contribution in [3.63, 3.8) is 0 Å². The zero-order chi connectivity index (χ0) is 11.0. The van der Waals surface area contributed by atoms with Gasteiger partial charge in [-0.25, -0.2) is 8.42 Å². The van der Waals surface area contributed by atoms with Gasteiger partial charge in [-0.2, -0.15) is 0 Å². The maximum Gasteiger partial charge on any atom is 0.154 e. The largest absolute Gasteiger partial charge is 0.330 e. The first-order valence-corrected chi connectivity index (χ1v) is 6.86. The summed E-state index contributed by atoms with van der Waals surface area (Å²) in [5, 5.41) is 0. The van der Waals surface area contributed by atoms with Gasteiger partial charge in [-0.3, -0.25) is 0 Å². The molecule has 0 saturated heterocycles. The van der Waals surface area contributed by atoms with E-state index >= 15 is 0 Å². The highest BCUT2D eigenvalue weighted by Crippen LogP contribution is 2.43. The quantitative estimate of drug-likeness (QED) is 0.685. The van der Waals surface area contributed by atoms with Crippen LogP contribution in [0, 0.1) is 11.8 Å². The van der Waals surface area contributed by atoms with E-state index in [1.807, 2.05) is 6.92 Å². The number of rotatable bonds is 3. The van der Waals surface area contributed by atoms with Crippen molar-refractivity contribution in [3.8, 4) is 0 Å². The van der Waals surface area contributed by atoms with Crippen LogP contribution in [0.2, 0.25) is 0 Å². The highest BCUT2D eigenvalue weighted by Gasteiger charge is 2.50. The lowest BCUT2D eigenvalue weighted by Crippen LogP contribution is -2.47. The summed E-state index contributed by atoms with van der Waals surface area (Å²) in [5.74, 6) is 0.430. The van der Waals surface area contributed by atoms with Crippen LogP contribution in [0.1, 0.15) is 19.8 Å². The van der Waals surface area contributed by atoms with Crippen molar-refractivity contribution in [1.82, 2.24) is 0 Å². The summed E-state index contributed by atoms with van der Waals surface area (Å²) in [7, 11) is -3.09. The molecule has 0 amide bonds. The molecule has 0 unspecified atom stereocenters. The molecule has 0 heterocycles. The van der Waals surface area contributed by atoms with Gasteiger partial charge in [0.15, 0.2) is 9.84 Å². The Balaban J connectivity index is 3.03. The Morgan fingerprint density at radius 1 is 1.43 bits per heavy atom. The maximum atomic E-state index is 11.7. The molecule has 4 nitrogen and oxygen atoms in total. The molecule has 0 aromatic rings. The third kappa shape index (κ3) is 1.68. The Kier molecular flexibility index (Phi) is 3.23. The first-order chi connectivity index (χ1) is 6.37. The molecular formula is C9H20N2O2S. The average molecular weight is 220 g/mol. The lowest BCUT2D eigenvalue weighted by molar-refractivity contribution is 0.436. The fourth-order valence-electron chi connectivity index (χ4n) is 2.62. The Bertz CT molecular complexity index is 302. The lowest BCUT2D eigenvalue weighted by atomic mass is 9.97. The molecule has 84 valence electrons. The van der Waals surface area contributed by atoms with Crippen LogP contribution in [0.5, 0.6) is 0 Å². The molecule has 4 N–H and O–H groups in total. The van der Waals surface area contributed by atoms with Gasteiger partial charge in [0.25, 0.3) is 0 Å². The van der Waals surface area contributed by atoms with Gasteiger partial charge in [0.1, 0.15) is 0 Å². The molecular weight excluding hydrogens is 200 g/mol. The second-order valence-corrected chi connectivity index (χ2v) is 6.84. The zero-order valence-corrected chi connectivity index (χ0v) is 9.68. The highest BCUT2D eigenvalue weighted by atomic mass is 32.2. The first-order valence-electron chi connectivity index (χ1n) is 4.97. The molecule has 0 aromatic heterocycles. The van der Waals surface area contributed by atoms with Crippen LogP contribution < -0.4 is 11.5 Å². The molecule has 0 bridgehead atoms. The molecule has 0 spiro atoms. The van der Waals surface area contributed by atoms with Crippen molar-refractivity contribution in [2.45, 2.75) is 24.5 Å². The van der Waals surface area contributed by atoms with Gasteiger partial charge in [-0.15, -0.1) is 0 Å². The molecule has 0 aliphatic heterocycles. The standard InChI is InChI=1S/C9H20N2O2S/c1-7-3-8(5-10)4-9(7,6-11)14(2,12)13/h7-8H,3-6,10-11H2,1-2H3/t7-,8-,9-/m0/s1. The summed E-state index contributed by atoms with van der Waals surface area (Å²) in [6.07, 6.45) is 2.79. The normalized spacial score (nSPS) is 38.9. The molecule has 0 aromatic carbocycles. The summed E-state index contributed by atoms with van der Waals surface area (Å²) in [6, 6.07) is 0. The van der Waals surface area contributed by atoms with Gasteiger partial charge in [-0.1, -0.05) is 6.92 Å². The first kappa shape index (κ1) is 11.9. The number of nitrogens with two attached hydrogens (primary N) is 2. The fraction of sp³-hybridized carbons (Fsp3) is 1.00. The summed E-state index contributed by atoms with van der Waals surface area (Å²) < 4.78 is 22.8. The van der Waals surface area contributed by atoms with Crippen LogP contribution in [-0.2, 0) is 9.84 Å². The van der Waals surface area contributed by atoms with Gasteiger partial charge in [0.05, 0.1) is 4.75 Å². The summed E-state index contributed by atoms with van der Waals surface area (Å²) >= 11 is 0. The van der Waals surface area contributed by atoms with Crippen LogP contribution in [0.4, 0.5) is 0 Å². The molecule has 0 radical (unpaired) electrons. The average Bonchev–Trinajstić information content (AvgIpc) is 2.42. The Labute approximate surface area is 86.0 Å². The third-order valence-corrected chi connectivity index (χ3v) is 5.85. The number of hydrogen-bond donors (Lipinski definition) is 2. The van der Waals surface area contributed by atoms with Crippen LogP contribution in [-0.4, -0.2) is 32.5 Å². The summed E-state index contributed by atoms with van der Waals surface area (Å²) in [6.45, 7) is 2.73. The van der Waals surface area contributed by atoms with E-state index in [1.54, 1.807) is 0 Å². The molecule has 1 fully saturated rings.